The molecule has 1 N–H and O–H groups in total. The van der Waals surface area contributed by atoms with Crippen molar-refractivity contribution in [1.82, 2.24) is 4.98 Å². The highest BCUT2D eigenvalue weighted by atomic mass is 32.2. The van der Waals surface area contributed by atoms with Crippen molar-refractivity contribution in [2.75, 3.05) is 6.26 Å². The van der Waals surface area contributed by atoms with Crippen molar-refractivity contribution < 1.29 is 0 Å². The third kappa shape index (κ3) is 2.80. The van der Waals surface area contributed by atoms with Gasteiger partial charge in [0.25, 0.3) is 0 Å². The Morgan fingerprint density at radius 3 is 2.77 bits per heavy atom. The summed E-state index contributed by atoms with van der Waals surface area (Å²) in [6, 6.07) is 2.26. The molecule has 114 valence electrons. The SMILES string of the molecule is C=CC1=C(SC)CCC=C1c1cc2c([nH]1)C=CC(C)(C)C=C2. The van der Waals surface area contributed by atoms with E-state index in [2.05, 4.69) is 68.1 Å². The van der Waals surface area contributed by atoms with E-state index in [-0.39, 0.29) is 5.41 Å². The molecule has 0 saturated carbocycles. The van der Waals surface area contributed by atoms with Gasteiger partial charge in [0.05, 0.1) is 0 Å². The summed E-state index contributed by atoms with van der Waals surface area (Å²) in [5, 5.41) is 0. The topological polar surface area (TPSA) is 15.8 Å². The van der Waals surface area contributed by atoms with Crippen molar-refractivity contribution in [3.8, 4) is 0 Å². The highest BCUT2D eigenvalue weighted by Crippen LogP contribution is 2.38. The Hall–Kier alpha value is -1.67. The summed E-state index contributed by atoms with van der Waals surface area (Å²) in [6.45, 7) is 8.46. The van der Waals surface area contributed by atoms with Gasteiger partial charge in [-0.05, 0) is 47.3 Å². The van der Waals surface area contributed by atoms with Gasteiger partial charge in [-0.1, -0.05) is 50.8 Å². The molecule has 0 aromatic carbocycles. The minimum Gasteiger partial charge on any atom is -0.355 e. The Bertz CT molecular complexity index is 689. The molecular formula is C20H23NS. The van der Waals surface area contributed by atoms with E-state index in [1.54, 1.807) is 0 Å². The van der Waals surface area contributed by atoms with Crippen LogP contribution in [0.1, 0.15) is 43.6 Å². The van der Waals surface area contributed by atoms with Crippen molar-refractivity contribution in [2.24, 2.45) is 5.41 Å². The Morgan fingerprint density at radius 1 is 1.27 bits per heavy atom. The van der Waals surface area contributed by atoms with E-state index in [0.29, 0.717) is 0 Å². The lowest BCUT2D eigenvalue weighted by atomic mass is 9.93. The zero-order valence-corrected chi connectivity index (χ0v) is 14.4. The fourth-order valence-electron chi connectivity index (χ4n) is 3.00. The van der Waals surface area contributed by atoms with E-state index in [0.717, 1.165) is 12.8 Å². The predicted molar refractivity (Wildman–Crippen MR) is 101 cm³/mol. The zero-order valence-electron chi connectivity index (χ0n) is 13.6. The van der Waals surface area contributed by atoms with Crippen LogP contribution in [0.4, 0.5) is 0 Å². The number of aromatic amines is 1. The zero-order chi connectivity index (χ0) is 15.7. The Labute approximate surface area is 137 Å². The Morgan fingerprint density at radius 2 is 2.05 bits per heavy atom. The van der Waals surface area contributed by atoms with Gasteiger partial charge in [-0.15, -0.1) is 11.8 Å². The minimum atomic E-state index is 0.113. The third-order valence-corrected chi connectivity index (χ3v) is 5.22. The quantitative estimate of drug-likeness (QED) is 0.717. The van der Waals surface area contributed by atoms with E-state index in [4.69, 9.17) is 0 Å². The van der Waals surface area contributed by atoms with Crippen LogP contribution in [-0.4, -0.2) is 11.2 Å². The van der Waals surface area contributed by atoms with E-state index in [1.807, 2.05) is 17.8 Å². The summed E-state index contributed by atoms with van der Waals surface area (Å²) in [5.74, 6) is 0. The molecule has 1 aromatic heterocycles. The van der Waals surface area contributed by atoms with E-state index >= 15 is 0 Å². The molecule has 0 saturated heterocycles. The van der Waals surface area contributed by atoms with Crippen molar-refractivity contribution in [3.63, 3.8) is 0 Å². The van der Waals surface area contributed by atoms with Crippen LogP contribution in [-0.2, 0) is 0 Å². The maximum absolute atomic E-state index is 4.02. The van der Waals surface area contributed by atoms with Crippen LogP contribution >= 0.6 is 11.8 Å². The lowest BCUT2D eigenvalue weighted by molar-refractivity contribution is 0.633. The summed E-state index contributed by atoms with van der Waals surface area (Å²) < 4.78 is 0. The van der Waals surface area contributed by atoms with Gasteiger partial charge in [-0.25, -0.2) is 0 Å². The van der Waals surface area contributed by atoms with Crippen molar-refractivity contribution in [3.05, 3.63) is 64.4 Å². The summed E-state index contributed by atoms with van der Waals surface area (Å²) in [7, 11) is 0. The van der Waals surface area contributed by atoms with Crippen molar-refractivity contribution in [2.45, 2.75) is 26.7 Å². The van der Waals surface area contributed by atoms with Crippen LogP contribution in [0.2, 0.25) is 0 Å². The van der Waals surface area contributed by atoms with Gasteiger partial charge in [-0.2, -0.15) is 0 Å². The first-order valence-electron chi connectivity index (χ1n) is 7.76. The molecule has 0 spiro atoms. The number of H-pyrrole nitrogens is 1. The van der Waals surface area contributed by atoms with Gasteiger partial charge < -0.3 is 4.98 Å². The van der Waals surface area contributed by atoms with Crippen molar-refractivity contribution in [1.29, 1.82) is 0 Å². The lowest BCUT2D eigenvalue weighted by Gasteiger charge is -2.18. The van der Waals surface area contributed by atoms with Crippen LogP contribution < -0.4 is 0 Å². The first-order valence-corrected chi connectivity index (χ1v) is 8.98. The fourth-order valence-corrected chi connectivity index (χ4v) is 3.73. The number of nitrogens with one attached hydrogen (secondary N) is 1. The molecule has 0 atom stereocenters. The number of hydrogen-bond donors (Lipinski definition) is 1. The standard InChI is InChI=1S/C20H23NS/c1-5-15-16(7-6-8-19(15)22-4)18-13-14-9-11-20(2,3)12-10-17(14)21-18/h5,7,9-13,21H,1,6,8H2,2-4H3. The molecule has 0 fully saturated rings. The number of thioether (sulfide) groups is 1. The highest BCUT2D eigenvalue weighted by molar-refractivity contribution is 8.02. The molecule has 2 heteroatoms. The Balaban J connectivity index is 2.03. The first-order chi connectivity index (χ1) is 10.5. The summed E-state index contributed by atoms with van der Waals surface area (Å²) in [6.07, 6.45) is 17.7. The maximum Gasteiger partial charge on any atom is 0.0467 e. The van der Waals surface area contributed by atoms with E-state index in [9.17, 15) is 0 Å². The molecule has 0 bridgehead atoms. The third-order valence-electron chi connectivity index (χ3n) is 4.30. The average Bonchev–Trinajstić information content (AvgIpc) is 2.87. The highest BCUT2D eigenvalue weighted by Gasteiger charge is 2.19. The van der Waals surface area contributed by atoms with Gasteiger partial charge in [0.15, 0.2) is 0 Å². The number of fused-ring (bicyclic) bond motifs is 1. The van der Waals surface area contributed by atoms with Crippen LogP contribution in [0.15, 0.2) is 47.4 Å². The van der Waals surface area contributed by atoms with Gasteiger partial charge >= 0.3 is 0 Å². The molecule has 0 aliphatic heterocycles. The number of hydrogen-bond acceptors (Lipinski definition) is 1. The average molecular weight is 309 g/mol. The van der Waals surface area contributed by atoms with E-state index < -0.39 is 0 Å². The number of allylic oxidation sites excluding steroid dienone is 7. The van der Waals surface area contributed by atoms with Gasteiger partial charge in [0, 0.05) is 22.4 Å². The monoisotopic (exact) mass is 309 g/mol. The summed E-state index contributed by atoms with van der Waals surface area (Å²) >= 11 is 1.84. The molecular weight excluding hydrogens is 286 g/mol. The summed E-state index contributed by atoms with van der Waals surface area (Å²) in [5.41, 5.74) is 6.33. The smallest absolute Gasteiger partial charge is 0.0467 e. The molecule has 1 aromatic rings. The molecule has 0 unspecified atom stereocenters. The van der Waals surface area contributed by atoms with Crippen molar-refractivity contribution >= 4 is 29.5 Å². The molecule has 1 nitrogen and oxygen atoms in total. The second-order valence-electron chi connectivity index (χ2n) is 6.44. The van der Waals surface area contributed by atoms with Crippen LogP contribution in [0.3, 0.4) is 0 Å². The number of rotatable bonds is 3. The van der Waals surface area contributed by atoms with E-state index in [1.165, 1.54) is 33.0 Å². The fraction of sp³-hybridized carbons (Fsp3) is 0.300. The molecule has 0 amide bonds. The normalized spacial score (nSPS) is 19.7. The maximum atomic E-state index is 4.02. The second-order valence-corrected chi connectivity index (χ2v) is 7.34. The molecule has 22 heavy (non-hydrogen) atoms. The molecule has 3 rings (SSSR count). The lowest BCUT2D eigenvalue weighted by Crippen LogP contribution is -2.00. The second kappa shape index (κ2) is 5.85. The first kappa shape index (κ1) is 15.2. The van der Waals surface area contributed by atoms with Gasteiger partial charge in [0.2, 0.25) is 0 Å². The molecule has 2 aliphatic carbocycles. The van der Waals surface area contributed by atoms with Gasteiger partial charge in [-0.3, -0.25) is 0 Å². The number of aromatic nitrogens is 1. The Kier molecular flexibility index (Phi) is 4.05. The largest absolute Gasteiger partial charge is 0.355 e. The van der Waals surface area contributed by atoms with Crippen LogP contribution in [0, 0.1) is 5.41 Å². The molecule has 0 radical (unpaired) electrons. The summed E-state index contributed by atoms with van der Waals surface area (Å²) in [4.78, 5) is 5.03. The molecule has 1 heterocycles. The van der Waals surface area contributed by atoms with Crippen LogP contribution in [0.25, 0.3) is 17.7 Å². The van der Waals surface area contributed by atoms with Gasteiger partial charge in [0.1, 0.15) is 0 Å². The molecule has 2 aliphatic rings. The predicted octanol–water partition coefficient (Wildman–Crippen LogP) is 6.06. The van der Waals surface area contributed by atoms with Crippen LogP contribution in [0.5, 0.6) is 0 Å². The minimum absolute atomic E-state index is 0.113.